The number of hydrogen-bond acceptors (Lipinski definition) is 5. The molecular formula is C10H17N3O4S. The van der Waals surface area contributed by atoms with Crippen LogP contribution in [0.3, 0.4) is 0 Å². The van der Waals surface area contributed by atoms with Crippen molar-refractivity contribution in [1.82, 2.24) is 5.32 Å². The van der Waals surface area contributed by atoms with Crippen molar-refractivity contribution in [3.8, 4) is 0 Å². The first-order valence-electron chi connectivity index (χ1n) is 5.89. The highest BCUT2D eigenvalue weighted by Crippen LogP contribution is 2.46. The van der Waals surface area contributed by atoms with Gasteiger partial charge in [-0.05, 0) is 25.7 Å². The molecule has 1 heterocycles. The predicted molar refractivity (Wildman–Crippen MR) is 64.9 cm³/mol. The minimum Gasteiger partial charge on any atom is -0.409 e. The summed E-state index contributed by atoms with van der Waals surface area (Å²) in [6.07, 6.45) is 2.00. The zero-order valence-corrected chi connectivity index (χ0v) is 10.7. The Morgan fingerprint density at radius 2 is 1.89 bits per heavy atom. The molecule has 0 atom stereocenters. The quantitative estimate of drug-likeness (QED) is 0.269. The van der Waals surface area contributed by atoms with Crippen LogP contribution in [0, 0.1) is 5.41 Å². The Morgan fingerprint density at radius 3 is 2.33 bits per heavy atom. The first-order valence-corrected chi connectivity index (χ1v) is 7.71. The standard InChI is InChI=1S/C10H17N3O4S/c11-8(13-15)10(3-4-10)9(14)12-7-1-5-18(16,17)6-2-7/h7,15H,1-6H2,(H2,11,13)(H,12,14). The Bertz CT molecular complexity index is 467. The lowest BCUT2D eigenvalue weighted by Gasteiger charge is -2.25. The van der Waals surface area contributed by atoms with Crippen molar-refractivity contribution < 1.29 is 18.4 Å². The van der Waals surface area contributed by atoms with E-state index < -0.39 is 15.3 Å². The average molecular weight is 275 g/mol. The van der Waals surface area contributed by atoms with Crippen LogP contribution in [0.1, 0.15) is 25.7 Å². The molecule has 2 aliphatic rings. The molecule has 1 saturated carbocycles. The zero-order chi connectivity index (χ0) is 13.4. The van der Waals surface area contributed by atoms with Gasteiger partial charge in [-0.3, -0.25) is 4.79 Å². The third-order valence-electron chi connectivity index (χ3n) is 3.67. The van der Waals surface area contributed by atoms with E-state index in [1.807, 2.05) is 0 Å². The number of nitrogens with zero attached hydrogens (tertiary/aromatic N) is 1. The summed E-state index contributed by atoms with van der Waals surface area (Å²) in [5, 5.41) is 14.3. The number of sulfone groups is 1. The fraction of sp³-hybridized carbons (Fsp3) is 0.800. The summed E-state index contributed by atoms with van der Waals surface area (Å²) >= 11 is 0. The Kier molecular flexibility index (Phi) is 3.22. The summed E-state index contributed by atoms with van der Waals surface area (Å²) in [7, 11) is -2.93. The minimum absolute atomic E-state index is 0.0663. The van der Waals surface area contributed by atoms with Crippen LogP contribution >= 0.6 is 0 Å². The summed E-state index contributed by atoms with van der Waals surface area (Å²) < 4.78 is 22.5. The molecule has 1 aliphatic carbocycles. The summed E-state index contributed by atoms with van der Waals surface area (Å²) in [6, 6.07) is -0.134. The van der Waals surface area contributed by atoms with Gasteiger partial charge in [-0.1, -0.05) is 5.16 Å². The maximum atomic E-state index is 12.0. The van der Waals surface area contributed by atoms with Crippen LogP contribution in [-0.4, -0.2) is 42.9 Å². The van der Waals surface area contributed by atoms with E-state index in [4.69, 9.17) is 10.9 Å². The third kappa shape index (κ3) is 2.43. The maximum Gasteiger partial charge on any atom is 0.234 e. The third-order valence-corrected chi connectivity index (χ3v) is 5.39. The van der Waals surface area contributed by atoms with Gasteiger partial charge in [0.25, 0.3) is 0 Å². The van der Waals surface area contributed by atoms with E-state index in [1.54, 1.807) is 0 Å². The second-order valence-electron chi connectivity index (χ2n) is 4.97. The molecule has 8 heteroatoms. The first-order chi connectivity index (χ1) is 8.39. The molecule has 0 spiro atoms. The van der Waals surface area contributed by atoms with Gasteiger partial charge in [0.2, 0.25) is 5.91 Å². The van der Waals surface area contributed by atoms with Gasteiger partial charge in [-0.15, -0.1) is 0 Å². The zero-order valence-electron chi connectivity index (χ0n) is 9.92. The van der Waals surface area contributed by atoms with Gasteiger partial charge >= 0.3 is 0 Å². The molecule has 0 unspecified atom stereocenters. The van der Waals surface area contributed by atoms with Crippen molar-refractivity contribution in [2.45, 2.75) is 31.7 Å². The predicted octanol–water partition coefficient (Wildman–Crippen LogP) is -0.794. The van der Waals surface area contributed by atoms with Gasteiger partial charge in [0.05, 0.1) is 11.5 Å². The van der Waals surface area contributed by atoms with Crippen LogP contribution in [0.5, 0.6) is 0 Å². The van der Waals surface area contributed by atoms with Crippen molar-refractivity contribution in [3.63, 3.8) is 0 Å². The Hall–Kier alpha value is -1.31. The molecule has 0 aromatic heterocycles. The van der Waals surface area contributed by atoms with Crippen LogP contribution < -0.4 is 11.1 Å². The number of carbonyl (C=O) groups is 1. The molecule has 18 heavy (non-hydrogen) atoms. The maximum absolute atomic E-state index is 12.0. The first kappa shape index (κ1) is 13.1. The summed E-state index contributed by atoms with van der Waals surface area (Å²) in [6.45, 7) is 0. The summed E-state index contributed by atoms with van der Waals surface area (Å²) in [5.74, 6) is -0.117. The van der Waals surface area contributed by atoms with Crippen molar-refractivity contribution in [1.29, 1.82) is 0 Å². The van der Waals surface area contributed by atoms with Crippen molar-refractivity contribution in [2.24, 2.45) is 16.3 Å². The largest absolute Gasteiger partial charge is 0.409 e. The number of oxime groups is 1. The van der Waals surface area contributed by atoms with Crippen LogP contribution in [0.15, 0.2) is 5.16 Å². The fourth-order valence-electron chi connectivity index (χ4n) is 2.18. The molecule has 7 nitrogen and oxygen atoms in total. The number of nitrogens with two attached hydrogens (primary N) is 1. The van der Waals surface area contributed by atoms with E-state index in [9.17, 15) is 13.2 Å². The molecule has 1 saturated heterocycles. The number of carbonyl (C=O) groups excluding carboxylic acids is 1. The molecule has 4 N–H and O–H groups in total. The Balaban J connectivity index is 1.94. The van der Waals surface area contributed by atoms with E-state index in [-0.39, 0.29) is 29.3 Å². The Labute approximate surface area is 105 Å². The lowest BCUT2D eigenvalue weighted by molar-refractivity contribution is -0.124. The molecular weight excluding hydrogens is 258 g/mol. The van der Waals surface area contributed by atoms with Gasteiger partial charge < -0.3 is 16.3 Å². The molecule has 0 bridgehead atoms. The van der Waals surface area contributed by atoms with Crippen LogP contribution in [0.4, 0.5) is 0 Å². The van der Waals surface area contributed by atoms with E-state index in [0.29, 0.717) is 25.7 Å². The number of amidine groups is 1. The molecule has 1 amide bonds. The summed E-state index contributed by atoms with van der Waals surface area (Å²) in [5.41, 5.74) is 4.64. The van der Waals surface area contributed by atoms with E-state index >= 15 is 0 Å². The highest BCUT2D eigenvalue weighted by Gasteiger charge is 2.54. The van der Waals surface area contributed by atoms with Crippen molar-refractivity contribution in [3.05, 3.63) is 0 Å². The lowest BCUT2D eigenvalue weighted by atomic mass is 10.0. The normalized spacial score (nSPS) is 26.6. The van der Waals surface area contributed by atoms with Crippen molar-refractivity contribution in [2.75, 3.05) is 11.5 Å². The minimum atomic E-state index is -2.93. The number of nitrogens with one attached hydrogen (secondary N) is 1. The molecule has 102 valence electrons. The number of amides is 1. The molecule has 0 aromatic carbocycles. The fourth-order valence-corrected chi connectivity index (χ4v) is 3.67. The highest BCUT2D eigenvalue weighted by molar-refractivity contribution is 7.91. The van der Waals surface area contributed by atoms with Gasteiger partial charge in [-0.25, -0.2) is 8.42 Å². The van der Waals surface area contributed by atoms with E-state index in [0.717, 1.165) is 0 Å². The lowest BCUT2D eigenvalue weighted by Crippen LogP contribution is -2.47. The van der Waals surface area contributed by atoms with Crippen LogP contribution in [0.2, 0.25) is 0 Å². The smallest absolute Gasteiger partial charge is 0.234 e. The second-order valence-corrected chi connectivity index (χ2v) is 7.27. The average Bonchev–Trinajstić information content (AvgIpc) is 3.12. The number of hydrogen-bond donors (Lipinski definition) is 3. The number of rotatable bonds is 3. The molecule has 2 rings (SSSR count). The molecule has 2 fully saturated rings. The van der Waals surface area contributed by atoms with Gasteiger partial charge in [0.1, 0.15) is 15.3 Å². The van der Waals surface area contributed by atoms with Gasteiger partial charge in [0.15, 0.2) is 5.84 Å². The van der Waals surface area contributed by atoms with Crippen LogP contribution in [0.25, 0.3) is 0 Å². The monoisotopic (exact) mass is 275 g/mol. The van der Waals surface area contributed by atoms with E-state index in [2.05, 4.69) is 10.5 Å². The summed E-state index contributed by atoms with van der Waals surface area (Å²) in [4.78, 5) is 12.0. The highest BCUT2D eigenvalue weighted by atomic mass is 32.2. The van der Waals surface area contributed by atoms with Gasteiger partial charge in [0, 0.05) is 6.04 Å². The topological polar surface area (TPSA) is 122 Å². The SMILES string of the molecule is NC(=NO)C1(C(=O)NC2CCS(=O)(=O)CC2)CC1. The second kappa shape index (κ2) is 4.42. The molecule has 0 aromatic rings. The van der Waals surface area contributed by atoms with Crippen molar-refractivity contribution >= 4 is 21.6 Å². The Morgan fingerprint density at radius 1 is 1.33 bits per heavy atom. The van der Waals surface area contributed by atoms with E-state index in [1.165, 1.54) is 0 Å². The van der Waals surface area contributed by atoms with Crippen LogP contribution in [-0.2, 0) is 14.6 Å². The van der Waals surface area contributed by atoms with Gasteiger partial charge in [-0.2, -0.15) is 0 Å². The molecule has 0 radical (unpaired) electrons. The molecule has 1 aliphatic heterocycles.